The maximum absolute atomic E-state index is 13.0. The van der Waals surface area contributed by atoms with Gasteiger partial charge in [0.1, 0.15) is 19.2 Å². The van der Waals surface area contributed by atoms with E-state index in [4.69, 9.17) is 0 Å². The summed E-state index contributed by atoms with van der Waals surface area (Å²) in [4.78, 5) is 17.9. The minimum atomic E-state index is -4.47. The van der Waals surface area contributed by atoms with Crippen molar-refractivity contribution in [1.82, 2.24) is 14.8 Å². The molecule has 0 spiro atoms. The van der Waals surface area contributed by atoms with E-state index in [0.29, 0.717) is 5.69 Å². The highest BCUT2D eigenvalue weighted by Gasteiger charge is 2.31. The number of piperidine rings is 1. The van der Waals surface area contributed by atoms with Crippen molar-refractivity contribution >= 4 is 17.3 Å². The first kappa shape index (κ1) is 17.2. The normalized spacial score (nSPS) is 15.2. The van der Waals surface area contributed by atoms with Crippen LogP contribution in [0.2, 0.25) is 0 Å². The molecular formula is C16H18F3N5O. The Bertz CT molecular complexity index is 724. The topological polar surface area (TPSA) is 63.1 Å². The van der Waals surface area contributed by atoms with Gasteiger partial charge in [-0.3, -0.25) is 4.79 Å². The fourth-order valence-electron chi connectivity index (χ4n) is 2.87. The lowest BCUT2D eigenvalue weighted by molar-refractivity contribution is -0.137. The molecule has 1 N–H and O–H groups in total. The molecule has 1 aromatic heterocycles. The summed E-state index contributed by atoms with van der Waals surface area (Å²) >= 11 is 0. The van der Waals surface area contributed by atoms with Crippen molar-refractivity contribution in [2.75, 3.05) is 23.3 Å². The van der Waals surface area contributed by atoms with E-state index >= 15 is 0 Å². The Hall–Kier alpha value is -2.58. The van der Waals surface area contributed by atoms with Gasteiger partial charge in [-0.1, -0.05) is 0 Å². The summed E-state index contributed by atoms with van der Waals surface area (Å²) in [5.41, 5.74) is -0.00852. The van der Waals surface area contributed by atoms with Crippen molar-refractivity contribution in [2.24, 2.45) is 0 Å². The molecule has 2 heterocycles. The Morgan fingerprint density at radius 2 is 1.96 bits per heavy atom. The van der Waals surface area contributed by atoms with E-state index in [2.05, 4.69) is 15.4 Å². The van der Waals surface area contributed by atoms with Gasteiger partial charge < -0.3 is 10.2 Å². The lowest BCUT2D eigenvalue weighted by Crippen LogP contribution is -2.31. The minimum Gasteiger partial charge on any atom is -0.370 e. The number of hydrogen-bond acceptors (Lipinski definition) is 4. The third-order valence-corrected chi connectivity index (χ3v) is 4.07. The van der Waals surface area contributed by atoms with Crippen LogP contribution in [0.5, 0.6) is 0 Å². The highest BCUT2D eigenvalue weighted by molar-refractivity contribution is 5.94. The molecule has 0 radical (unpaired) electrons. The number of aromatic nitrogens is 3. The number of amides is 1. The van der Waals surface area contributed by atoms with Crippen LogP contribution in [0.1, 0.15) is 24.8 Å². The summed E-state index contributed by atoms with van der Waals surface area (Å²) < 4.78 is 40.4. The molecule has 1 aromatic carbocycles. The molecule has 1 aliphatic rings. The standard InChI is InChI=1S/C16H18F3N5O/c17-16(18,19)12-4-5-14(23-6-2-1-3-7-23)13(8-12)22-15(25)9-24-11-20-10-21-24/h4-5,8,10-11H,1-3,6-7,9H2,(H,22,25). The number of alkyl halides is 3. The van der Waals surface area contributed by atoms with Gasteiger partial charge in [-0.15, -0.1) is 0 Å². The van der Waals surface area contributed by atoms with Gasteiger partial charge in [0.05, 0.1) is 16.9 Å². The number of benzene rings is 1. The first-order chi connectivity index (χ1) is 11.9. The maximum Gasteiger partial charge on any atom is 0.416 e. The number of hydrogen-bond donors (Lipinski definition) is 1. The van der Waals surface area contributed by atoms with Crippen molar-refractivity contribution in [3.05, 3.63) is 36.4 Å². The first-order valence-electron chi connectivity index (χ1n) is 8.02. The van der Waals surface area contributed by atoms with Crippen molar-refractivity contribution in [1.29, 1.82) is 0 Å². The monoisotopic (exact) mass is 353 g/mol. The number of rotatable bonds is 4. The Morgan fingerprint density at radius 1 is 1.20 bits per heavy atom. The average Bonchev–Trinajstić information content (AvgIpc) is 3.07. The van der Waals surface area contributed by atoms with Gasteiger partial charge in [-0.05, 0) is 37.5 Å². The van der Waals surface area contributed by atoms with E-state index in [0.717, 1.165) is 44.5 Å². The van der Waals surface area contributed by atoms with Crippen molar-refractivity contribution in [3.8, 4) is 0 Å². The molecule has 0 unspecified atom stereocenters. The zero-order valence-electron chi connectivity index (χ0n) is 13.5. The van der Waals surface area contributed by atoms with Gasteiger partial charge in [-0.25, -0.2) is 9.67 Å². The molecular weight excluding hydrogens is 335 g/mol. The third kappa shape index (κ3) is 4.28. The van der Waals surface area contributed by atoms with Crippen LogP contribution >= 0.6 is 0 Å². The number of nitrogens with zero attached hydrogens (tertiary/aromatic N) is 4. The lowest BCUT2D eigenvalue weighted by Gasteiger charge is -2.31. The van der Waals surface area contributed by atoms with Crippen molar-refractivity contribution in [3.63, 3.8) is 0 Å². The van der Waals surface area contributed by atoms with Crippen molar-refractivity contribution in [2.45, 2.75) is 32.0 Å². The second kappa shape index (κ2) is 7.12. The summed E-state index contributed by atoms with van der Waals surface area (Å²) in [5.74, 6) is -0.455. The Kier molecular flexibility index (Phi) is 4.91. The molecule has 1 saturated heterocycles. The van der Waals surface area contributed by atoms with Gasteiger partial charge in [0.25, 0.3) is 0 Å². The van der Waals surface area contributed by atoms with E-state index in [1.807, 2.05) is 4.90 Å². The third-order valence-electron chi connectivity index (χ3n) is 4.07. The fraction of sp³-hybridized carbons (Fsp3) is 0.438. The molecule has 25 heavy (non-hydrogen) atoms. The van der Waals surface area contributed by atoms with Crippen LogP contribution in [0.3, 0.4) is 0 Å². The SMILES string of the molecule is O=C(Cn1cncn1)Nc1cc(C(F)(F)F)ccc1N1CCCCC1. The van der Waals surface area contributed by atoms with Gasteiger partial charge >= 0.3 is 6.18 Å². The lowest BCUT2D eigenvalue weighted by atomic mass is 10.1. The smallest absolute Gasteiger partial charge is 0.370 e. The highest BCUT2D eigenvalue weighted by atomic mass is 19.4. The summed E-state index contributed by atoms with van der Waals surface area (Å²) in [6, 6.07) is 3.47. The Labute approximate surface area is 142 Å². The number of nitrogens with one attached hydrogen (secondary N) is 1. The summed E-state index contributed by atoms with van der Waals surface area (Å²) in [7, 11) is 0. The molecule has 0 bridgehead atoms. The van der Waals surface area contributed by atoms with Crippen LogP contribution in [0, 0.1) is 0 Å². The average molecular weight is 353 g/mol. The van der Waals surface area contributed by atoms with Gasteiger partial charge in [-0.2, -0.15) is 18.3 Å². The molecule has 0 atom stereocenters. The summed E-state index contributed by atoms with van der Waals surface area (Å²) in [5, 5.41) is 6.41. The van der Waals surface area contributed by atoms with Crippen LogP contribution < -0.4 is 10.2 Å². The van der Waals surface area contributed by atoms with Gasteiger partial charge in [0, 0.05) is 13.1 Å². The molecule has 3 rings (SSSR count). The number of anilines is 2. The summed E-state index contributed by atoms with van der Waals surface area (Å²) in [6.45, 7) is 1.41. The molecule has 9 heteroatoms. The zero-order chi connectivity index (χ0) is 17.9. The van der Waals surface area contributed by atoms with E-state index < -0.39 is 17.6 Å². The quantitative estimate of drug-likeness (QED) is 0.918. The fourth-order valence-corrected chi connectivity index (χ4v) is 2.87. The van der Waals surface area contributed by atoms with E-state index in [9.17, 15) is 18.0 Å². The predicted molar refractivity (Wildman–Crippen MR) is 86.2 cm³/mol. The molecule has 134 valence electrons. The molecule has 1 aliphatic heterocycles. The largest absolute Gasteiger partial charge is 0.416 e. The minimum absolute atomic E-state index is 0.115. The highest BCUT2D eigenvalue weighted by Crippen LogP contribution is 2.36. The second-order valence-corrected chi connectivity index (χ2v) is 5.92. The van der Waals surface area contributed by atoms with E-state index in [-0.39, 0.29) is 12.2 Å². The van der Waals surface area contributed by atoms with Crippen LogP contribution in [-0.2, 0) is 17.5 Å². The van der Waals surface area contributed by atoms with E-state index in [1.165, 1.54) is 23.4 Å². The number of carbonyl (C=O) groups is 1. The van der Waals surface area contributed by atoms with Gasteiger partial charge in [0.2, 0.25) is 5.91 Å². The van der Waals surface area contributed by atoms with Crippen molar-refractivity contribution < 1.29 is 18.0 Å². The van der Waals surface area contributed by atoms with Crippen LogP contribution in [0.15, 0.2) is 30.9 Å². The molecule has 0 aliphatic carbocycles. The molecule has 1 amide bonds. The van der Waals surface area contributed by atoms with Crippen LogP contribution in [0.25, 0.3) is 0 Å². The van der Waals surface area contributed by atoms with Crippen LogP contribution in [0.4, 0.5) is 24.5 Å². The molecule has 1 fully saturated rings. The first-order valence-corrected chi connectivity index (χ1v) is 8.02. The predicted octanol–water partition coefficient (Wildman–Crippen LogP) is 2.93. The second-order valence-electron chi connectivity index (χ2n) is 5.92. The maximum atomic E-state index is 13.0. The molecule has 2 aromatic rings. The van der Waals surface area contributed by atoms with Crippen LogP contribution in [-0.4, -0.2) is 33.8 Å². The molecule has 0 saturated carbocycles. The molecule has 6 nitrogen and oxygen atoms in total. The summed E-state index contributed by atoms with van der Waals surface area (Å²) in [6.07, 6.45) is 1.26. The zero-order valence-corrected chi connectivity index (χ0v) is 13.5. The number of halogens is 3. The number of carbonyl (C=O) groups excluding carboxylic acids is 1. The Balaban J connectivity index is 1.85. The Morgan fingerprint density at radius 3 is 2.60 bits per heavy atom. The van der Waals surface area contributed by atoms with Gasteiger partial charge in [0.15, 0.2) is 0 Å². The van der Waals surface area contributed by atoms with E-state index in [1.54, 1.807) is 0 Å².